The Bertz CT molecular complexity index is 1070. The van der Waals surface area contributed by atoms with Crippen LogP contribution in [0.2, 0.25) is 0 Å². The number of fused-ring (bicyclic) bond motifs is 4. The topological polar surface area (TPSA) is 87.3 Å². The molecule has 2 N–H and O–H groups in total. The number of ether oxygens (including phenoxy) is 5. The Labute approximate surface area is 205 Å². The van der Waals surface area contributed by atoms with Gasteiger partial charge in [-0.2, -0.15) is 0 Å². The van der Waals surface area contributed by atoms with Gasteiger partial charge in [0.1, 0.15) is 12.2 Å². The van der Waals surface area contributed by atoms with Crippen molar-refractivity contribution in [2.24, 2.45) is 0 Å². The van der Waals surface area contributed by atoms with Gasteiger partial charge in [-0.25, -0.2) is 0 Å². The summed E-state index contributed by atoms with van der Waals surface area (Å²) < 4.78 is 29.3. The summed E-state index contributed by atoms with van der Waals surface area (Å²) in [5, 5.41) is 6.65. The summed E-state index contributed by atoms with van der Waals surface area (Å²) in [5.74, 6) is 0.523. The molecule has 1 fully saturated rings. The molecule has 0 aromatic heterocycles. The number of carbonyl (C=O) groups is 1. The van der Waals surface area contributed by atoms with E-state index in [1.807, 2.05) is 56.3 Å². The molecule has 8 heteroatoms. The fourth-order valence-electron chi connectivity index (χ4n) is 4.92. The molecule has 2 aromatic rings. The van der Waals surface area contributed by atoms with Crippen LogP contribution < -0.4 is 20.1 Å². The third-order valence-electron chi connectivity index (χ3n) is 6.37. The molecular weight excluding hydrogens is 448 g/mol. The van der Waals surface area contributed by atoms with Gasteiger partial charge in [-0.3, -0.25) is 4.79 Å². The van der Waals surface area contributed by atoms with Crippen LogP contribution in [0.25, 0.3) is 0 Å². The molecule has 5 rings (SSSR count). The van der Waals surface area contributed by atoms with Crippen LogP contribution in [0.15, 0.2) is 55.1 Å². The summed E-state index contributed by atoms with van der Waals surface area (Å²) in [7, 11) is 0. The molecule has 0 bridgehead atoms. The third kappa shape index (κ3) is 5.29. The van der Waals surface area contributed by atoms with E-state index in [1.54, 1.807) is 6.08 Å². The molecule has 4 atom stereocenters. The average Bonchev–Trinajstić information content (AvgIpc) is 3.41. The lowest BCUT2D eigenvalue weighted by atomic mass is 9.90. The standard InChI is InChI=1S/C27H32N2O6/c1-4-10-31-15-18(11-17-8-6-5-7-9-17)28-24(30)14-21-26-25(34-27(2,3)35-26)19-12-22-23(33-16-32-22)13-20(19)29-21/h4-9,12-13,18,21,25-26,29H,1,10-11,14-16H2,2-3H3,(H,28,30)/t18-,21-,25-,26-/m0/s1. The summed E-state index contributed by atoms with van der Waals surface area (Å²) >= 11 is 0. The first-order chi connectivity index (χ1) is 16.9. The molecule has 3 aliphatic heterocycles. The van der Waals surface area contributed by atoms with Gasteiger partial charge in [0, 0.05) is 23.7 Å². The van der Waals surface area contributed by atoms with Crippen LogP contribution in [-0.4, -0.2) is 49.9 Å². The molecule has 2 aromatic carbocycles. The summed E-state index contributed by atoms with van der Waals surface area (Å²) in [4.78, 5) is 13.2. The highest BCUT2D eigenvalue weighted by molar-refractivity contribution is 5.78. The van der Waals surface area contributed by atoms with Gasteiger partial charge in [0.15, 0.2) is 17.3 Å². The molecule has 0 aliphatic carbocycles. The molecule has 0 unspecified atom stereocenters. The summed E-state index contributed by atoms with van der Waals surface area (Å²) in [5.41, 5.74) is 2.95. The van der Waals surface area contributed by atoms with Crippen LogP contribution in [0.1, 0.15) is 37.5 Å². The first kappa shape index (κ1) is 23.7. The van der Waals surface area contributed by atoms with Gasteiger partial charge in [0.05, 0.1) is 25.3 Å². The highest BCUT2D eigenvalue weighted by Gasteiger charge is 2.50. The van der Waals surface area contributed by atoms with Crippen molar-refractivity contribution in [1.29, 1.82) is 0 Å². The zero-order chi connectivity index (χ0) is 24.4. The molecule has 3 aliphatic rings. The molecule has 1 saturated heterocycles. The second-order valence-corrected chi connectivity index (χ2v) is 9.55. The zero-order valence-electron chi connectivity index (χ0n) is 20.1. The number of hydrogen-bond donors (Lipinski definition) is 2. The van der Waals surface area contributed by atoms with Gasteiger partial charge in [-0.05, 0) is 31.9 Å². The van der Waals surface area contributed by atoms with Crippen LogP contribution in [0.4, 0.5) is 5.69 Å². The number of carbonyl (C=O) groups excluding carboxylic acids is 1. The Kier molecular flexibility index (Phi) is 6.69. The number of amides is 1. The summed E-state index contributed by atoms with van der Waals surface area (Å²) in [6.07, 6.45) is 1.96. The van der Waals surface area contributed by atoms with Crippen molar-refractivity contribution >= 4 is 11.6 Å². The van der Waals surface area contributed by atoms with Gasteiger partial charge >= 0.3 is 0 Å². The first-order valence-corrected chi connectivity index (χ1v) is 12.0. The fourth-order valence-corrected chi connectivity index (χ4v) is 4.92. The van der Waals surface area contributed by atoms with E-state index in [0.717, 1.165) is 16.8 Å². The van der Waals surface area contributed by atoms with Gasteiger partial charge in [0.25, 0.3) is 0 Å². The van der Waals surface area contributed by atoms with Gasteiger partial charge in [-0.15, -0.1) is 6.58 Å². The minimum Gasteiger partial charge on any atom is -0.454 e. The number of benzene rings is 2. The Balaban J connectivity index is 1.31. The quantitative estimate of drug-likeness (QED) is 0.418. The maximum atomic E-state index is 13.2. The van der Waals surface area contributed by atoms with Gasteiger partial charge in [0.2, 0.25) is 12.7 Å². The van der Waals surface area contributed by atoms with Crippen LogP contribution >= 0.6 is 0 Å². The van der Waals surface area contributed by atoms with Crippen molar-refractivity contribution in [1.82, 2.24) is 5.32 Å². The SMILES string of the molecule is C=CCOC[C@H](Cc1ccccc1)NC(=O)C[C@@H]1Nc2cc3c(cc2[C@@H]2OC(C)(C)O[C@@H]12)OCO3. The molecular formula is C27H32N2O6. The summed E-state index contributed by atoms with van der Waals surface area (Å²) in [6, 6.07) is 13.5. The molecule has 3 heterocycles. The lowest BCUT2D eigenvalue weighted by Crippen LogP contribution is -2.47. The zero-order valence-corrected chi connectivity index (χ0v) is 20.1. The maximum absolute atomic E-state index is 13.2. The van der Waals surface area contributed by atoms with Crippen molar-refractivity contribution in [3.8, 4) is 11.5 Å². The van der Waals surface area contributed by atoms with E-state index in [-0.39, 0.29) is 43.4 Å². The number of rotatable bonds is 9. The minimum absolute atomic E-state index is 0.0816. The van der Waals surface area contributed by atoms with E-state index >= 15 is 0 Å². The van der Waals surface area contributed by atoms with E-state index in [9.17, 15) is 4.79 Å². The monoisotopic (exact) mass is 480 g/mol. The second kappa shape index (κ2) is 9.89. The van der Waals surface area contributed by atoms with Crippen molar-refractivity contribution in [3.05, 3.63) is 66.2 Å². The number of nitrogens with one attached hydrogen (secondary N) is 2. The Morgan fingerprint density at radius 3 is 2.77 bits per heavy atom. The molecule has 0 radical (unpaired) electrons. The summed E-state index contributed by atoms with van der Waals surface area (Å²) in [6.45, 7) is 8.50. The van der Waals surface area contributed by atoms with Crippen molar-refractivity contribution in [2.45, 2.75) is 56.8 Å². The largest absolute Gasteiger partial charge is 0.454 e. The predicted molar refractivity (Wildman–Crippen MR) is 130 cm³/mol. The van der Waals surface area contributed by atoms with E-state index in [1.165, 1.54) is 0 Å². The van der Waals surface area contributed by atoms with E-state index in [0.29, 0.717) is 31.1 Å². The van der Waals surface area contributed by atoms with E-state index < -0.39 is 5.79 Å². The van der Waals surface area contributed by atoms with Gasteiger partial charge in [-0.1, -0.05) is 36.4 Å². The highest BCUT2D eigenvalue weighted by Crippen LogP contribution is 2.50. The molecule has 1 amide bonds. The first-order valence-electron chi connectivity index (χ1n) is 12.0. The van der Waals surface area contributed by atoms with E-state index in [2.05, 4.69) is 17.2 Å². The molecule has 8 nitrogen and oxygen atoms in total. The highest BCUT2D eigenvalue weighted by atomic mass is 16.8. The second-order valence-electron chi connectivity index (χ2n) is 9.55. The van der Waals surface area contributed by atoms with Crippen LogP contribution in [0.5, 0.6) is 11.5 Å². The van der Waals surface area contributed by atoms with Gasteiger partial charge < -0.3 is 34.3 Å². The number of hydrogen-bond acceptors (Lipinski definition) is 7. The van der Waals surface area contributed by atoms with Crippen LogP contribution in [0, 0.1) is 0 Å². The minimum atomic E-state index is -0.766. The average molecular weight is 481 g/mol. The normalized spacial score (nSPS) is 24.1. The lowest BCUT2D eigenvalue weighted by Gasteiger charge is -2.35. The third-order valence-corrected chi connectivity index (χ3v) is 6.37. The molecule has 0 saturated carbocycles. The Hall–Kier alpha value is -3.07. The molecule has 0 spiro atoms. The van der Waals surface area contributed by atoms with E-state index in [4.69, 9.17) is 23.7 Å². The maximum Gasteiger partial charge on any atom is 0.231 e. The van der Waals surface area contributed by atoms with Crippen molar-refractivity contribution in [2.75, 3.05) is 25.3 Å². The Morgan fingerprint density at radius 1 is 1.23 bits per heavy atom. The Morgan fingerprint density at radius 2 is 2.00 bits per heavy atom. The van der Waals surface area contributed by atoms with Crippen LogP contribution in [0.3, 0.4) is 0 Å². The van der Waals surface area contributed by atoms with Crippen molar-refractivity contribution < 1.29 is 28.5 Å². The van der Waals surface area contributed by atoms with Crippen molar-refractivity contribution in [3.63, 3.8) is 0 Å². The van der Waals surface area contributed by atoms with Crippen LogP contribution in [-0.2, 0) is 25.4 Å². The lowest BCUT2D eigenvalue weighted by molar-refractivity contribution is -0.148. The predicted octanol–water partition coefficient (Wildman–Crippen LogP) is 3.72. The molecule has 35 heavy (non-hydrogen) atoms. The molecule has 186 valence electrons. The number of anilines is 1. The smallest absolute Gasteiger partial charge is 0.231 e. The fraction of sp³-hybridized carbons (Fsp3) is 0.444.